The van der Waals surface area contributed by atoms with Crippen LogP contribution in [0.15, 0.2) is 158 Å². The number of hydrogen-bond donors (Lipinski definition) is 6. The van der Waals surface area contributed by atoms with E-state index in [0.717, 1.165) is 80.8 Å². The van der Waals surface area contributed by atoms with Gasteiger partial charge in [0, 0.05) is 36.1 Å². The summed E-state index contributed by atoms with van der Waals surface area (Å²) in [6.45, 7) is 5.79. The SMILES string of the molecule is Cc1ccc(C(NCC2CC2)c2cccc(NC(=O)c3cc(C(F)(F)F)nn3-c3cccc(C(N)CC(C)c4ccc(C(NCC5CC5)c5cccc(NC(=O)c6cc(C(F)(F)F)nn6-c6cccc(CN)c6)c5)cc4)c3)c2)cc1. The lowest BCUT2D eigenvalue weighted by Gasteiger charge is -2.23. The second-order valence-electron chi connectivity index (χ2n) is 21.2. The van der Waals surface area contributed by atoms with Crippen molar-refractivity contribution < 1.29 is 35.9 Å². The molecule has 2 heterocycles. The van der Waals surface area contributed by atoms with Crippen LogP contribution in [-0.2, 0) is 18.9 Å². The van der Waals surface area contributed by atoms with Crippen LogP contribution in [0.1, 0.15) is 140 Å². The van der Waals surface area contributed by atoms with Gasteiger partial charge in [-0.05, 0) is 157 Å². The van der Waals surface area contributed by atoms with E-state index in [1.165, 1.54) is 12.8 Å². The fourth-order valence-electron chi connectivity index (χ4n) is 9.94. The summed E-state index contributed by atoms with van der Waals surface area (Å²) in [5, 5.41) is 20.7. The number of anilines is 2. The predicted molar refractivity (Wildman–Crippen MR) is 297 cm³/mol. The van der Waals surface area contributed by atoms with E-state index in [0.29, 0.717) is 40.8 Å². The fourth-order valence-corrected chi connectivity index (χ4v) is 9.94. The number of nitrogens with zero attached hydrogens (tertiary/aromatic N) is 4. The van der Waals surface area contributed by atoms with E-state index in [2.05, 4.69) is 43.6 Å². The molecule has 2 aliphatic rings. The number of rotatable bonds is 21. The number of hydrogen-bond acceptors (Lipinski definition) is 8. The molecule has 0 saturated heterocycles. The zero-order valence-corrected chi connectivity index (χ0v) is 44.2. The minimum absolute atomic E-state index is 0.0728. The normalized spacial score (nSPS) is 15.3. The monoisotopic (exact) mass is 1090 g/mol. The molecule has 2 aliphatic carbocycles. The molecule has 12 nitrogen and oxygen atoms in total. The molecule has 0 bridgehead atoms. The number of halogens is 6. The van der Waals surface area contributed by atoms with Crippen molar-refractivity contribution in [2.24, 2.45) is 23.3 Å². The molecule has 18 heteroatoms. The number of carbonyl (C=O) groups is 2. The highest BCUT2D eigenvalue weighted by atomic mass is 19.4. The summed E-state index contributed by atoms with van der Waals surface area (Å²) < 4.78 is 86.8. The van der Waals surface area contributed by atoms with Crippen LogP contribution in [0.25, 0.3) is 11.4 Å². The Morgan fingerprint density at radius 2 is 1.00 bits per heavy atom. The van der Waals surface area contributed by atoms with Crippen LogP contribution >= 0.6 is 0 Å². The molecule has 4 atom stereocenters. The first kappa shape index (κ1) is 55.4. The van der Waals surface area contributed by atoms with E-state index in [-0.39, 0.29) is 47.3 Å². The van der Waals surface area contributed by atoms with E-state index in [1.54, 1.807) is 72.8 Å². The molecule has 2 fully saturated rings. The number of nitrogens with two attached hydrogens (primary N) is 2. The highest BCUT2D eigenvalue weighted by molar-refractivity contribution is 6.04. The topological polar surface area (TPSA) is 170 Å². The van der Waals surface area contributed by atoms with Crippen LogP contribution in [0.3, 0.4) is 0 Å². The third kappa shape index (κ3) is 13.4. The van der Waals surface area contributed by atoms with Gasteiger partial charge in [-0.3, -0.25) is 9.59 Å². The molecule has 8 aromatic rings. The highest BCUT2D eigenvalue weighted by Gasteiger charge is 2.38. The fraction of sp³-hybridized carbons (Fsp3) is 0.290. The van der Waals surface area contributed by atoms with Crippen molar-refractivity contribution in [1.82, 2.24) is 30.2 Å². The van der Waals surface area contributed by atoms with Gasteiger partial charge in [0.15, 0.2) is 11.4 Å². The maximum atomic E-state index is 14.3. The van der Waals surface area contributed by atoms with Crippen molar-refractivity contribution in [2.75, 3.05) is 23.7 Å². The Morgan fingerprint density at radius 1 is 0.562 bits per heavy atom. The third-order valence-electron chi connectivity index (χ3n) is 14.8. The van der Waals surface area contributed by atoms with E-state index in [9.17, 15) is 35.9 Å². The van der Waals surface area contributed by atoms with Gasteiger partial charge in [0.2, 0.25) is 0 Å². The number of benzene rings is 6. The van der Waals surface area contributed by atoms with Gasteiger partial charge in [-0.2, -0.15) is 36.5 Å². The largest absolute Gasteiger partial charge is 0.435 e. The Kier molecular flexibility index (Phi) is 16.2. The first-order valence-electron chi connectivity index (χ1n) is 26.8. The summed E-state index contributed by atoms with van der Waals surface area (Å²) in [5.41, 5.74) is 18.0. The van der Waals surface area contributed by atoms with Gasteiger partial charge in [0.25, 0.3) is 11.8 Å². The van der Waals surface area contributed by atoms with Crippen molar-refractivity contribution in [2.45, 2.75) is 88.9 Å². The Bertz CT molecular complexity index is 3470. The van der Waals surface area contributed by atoms with E-state index < -0.39 is 41.6 Å². The Labute approximate surface area is 460 Å². The molecular weight excluding hydrogens is 1030 g/mol. The second kappa shape index (κ2) is 23.4. The smallest absolute Gasteiger partial charge is 0.326 e. The molecule has 8 N–H and O–H groups in total. The van der Waals surface area contributed by atoms with Gasteiger partial charge in [-0.15, -0.1) is 0 Å². The number of carbonyl (C=O) groups excluding carboxylic acids is 2. The van der Waals surface area contributed by atoms with Gasteiger partial charge < -0.3 is 32.7 Å². The minimum atomic E-state index is -4.83. The average molecular weight is 1090 g/mol. The standard InChI is InChI=1S/C62H62F6N10O2/c1-37-15-21-43(22-16-37)57(71-35-39-17-18-39)46-9-4-11-48(29-46)74-60(80)54-33-56(62(66,67)68)76-78(54)51-14-6-8-45(31-51)52(70)27-38(2)42-23-25-44(26-24-42)58(72-36-40-19-20-40)47-10-5-12-49(30-47)73-59(79)53-32-55(61(63,64)65)75-77(53)50-13-3-7-41(28-50)34-69/h3-16,21-26,28-33,38-40,52,57-58,71-72H,17-20,27,34-36,69-70H2,1-2H3,(H,73,79)(H,74,80). The Hall–Kier alpha value is -7.90. The van der Waals surface area contributed by atoms with Crippen LogP contribution < -0.4 is 32.7 Å². The number of amides is 2. The molecular formula is C62H62F6N10O2. The van der Waals surface area contributed by atoms with Crippen LogP contribution in [0.5, 0.6) is 0 Å². The highest BCUT2D eigenvalue weighted by Crippen LogP contribution is 2.36. The molecule has 0 radical (unpaired) electrons. The first-order valence-corrected chi connectivity index (χ1v) is 26.8. The molecule has 414 valence electrons. The summed E-state index contributed by atoms with van der Waals surface area (Å²) in [7, 11) is 0. The van der Waals surface area contributed by atoms with Crippen molar-refractivity contribution in [3.05, 3.63) is 225 Å². The molecule has 4 unspecified atom stereocenters. The average Bonchev–Trinajstić information content (AvgIpc) is 4.42. The number of alkyl halides is 6. The second-order valence-corrected chi connectivity index (χ2v) is 21.2. The van der Waals surface area contributed by atoms with E-state index in [4.69, 9.17) is 11.5 Å². The number of aromatic nitrogens is 4. The summed E-state index contributed by atoms with van der Waals surface area (Å²) in [5.74, 6) is -0.490. The lowest BCUT2D eigenvalue weighted by atomic mass is 9.89. The van der Waals surface area contributed by atoms with E-state index in [1.807, 2.05) is 74.5 Å². The van der Waals surface area contributed by atoms with Gasteiger partial charge in [0.1, 0.15) is 11.4 Å². The molecule has 0 spiro atoms. The van der Waals surface area contributed by atoms with Crippen molar-refractivity contribution in [1.29, 1.82) is 0 Å². The van der Waals surface area contributed by atoms with Crippen LogP contribution in [0.2, 0.25) is 0 Å². The summed E-state index contributed by atoms with van der Waals surface area (Å²) in [4.78, 5) is 27.9. The van der Waals surface area contributed by atoms with Crippen molar-refractivity contribution >= 4 is 23.2 Å². The zero-order chi connectivity index (χ0) is 56.3. The van der Waals surface area contributed by atoms with Crippen LogP contribution in [0, 0.1) is 18.8 Å². The third-order valence-corrected chi connectivity index (χ3v) is 14.8. The molecule has 6 aromatic carbocycles. The number of nitrogens with one attached hydrogen (secondary N) is 4. The lowest BCUT2D eigenvalue weighted by Crippen LogP contribution is -2.25. The van der Waals surface area contributed by atoms with Crippen LogP contribution in [0.4, 0.5) is 37.7 Å². The van der Waals surface area contributed by atoms with Crippen molar-refractivity contribution in [3.8, 4) is 11.4 Å². The van der Waals surface area contributed by atoms with Gasteiger partial charge in [-0.1, -0.05) is 110 Å². The minimum Gasteiger partial charge on any atom is -0.326 e. The molecule has 0 aliphatic heterocycles. The summed E-state index contributed by atoms with van der Waals surface area (Å²) in [6, 6.07) is 44.5. The molecule has 80 heavy (non-hydrogen) atoms. The quantitative estimate of drug-likeness (QED) is 0.0386. The van der Waals surface area contributed by atoms with Gasteiger partial charge >= 0.3 is 12.4 Å². The Morgan fingerprint density at radius 3 is 1.48 bits per heavy atom. The number of aryl methyl sites for hydroxylation is 1. The first-order chi connectivity index (χ1) is 38.4. The van der Waals surface area contributed by atoms with Gasteiger partial charge in [-0.25, -0.2) is 9.36 Å². The molecule has 2 amide bonds. The maximum Gasteiger partial charge on any atom is 0.435 e. The van der Waals surface area contributed by atoms with E-state index >= 15 is 0 Å². The summed E-state index contributed by atoms with van der Waals surface area (Å²) >= 11 is 0. The molecule has 2 aromatic heterocycles. The lowest BCUT2D eigenvalue weighted by molar-refractivity contribution is -0.142. The summed E-state index contributed by atoms with van der Waals surface area (Å²) in [6.07, 6.45) is -4.61. The van der Waals surface area contributed by atoms with Crippen LogP contribution in [-0.4, -0.2) is 44.5 Å². The molecule has 10 rings (SSSR count). The van der Waals surface area contributed by atoms with Gasteiger partial charge in [0.05, 0.1) is 23.5 Å². The zero-order valence-electron chi connectivity index (χ0n) is 44.2. The Balaban J connectivity index is 0.838. The predicted octanol–water partition coefficient (Wildman–Crippen LogP) is 12.7. The van der Waals surface area contributed by atoms with Crippen molar-refractivity contribution in [3.63, 3.8) is 0 Å². The maximum absolute atomic E-state index is 14.3. The molecule has 2 saturated carbocycles.